The van der Waals surface area contributed by atoms with Crippen LogP contribution >= 0.6 is 0 Å². The normalized spacial score (nSPS) is 20.9. The van der Waals surface area contributed by atoms with E-state index in [4.69, 9.17) is 0 Å². The number of fused-ring (bicyclic) bond motifs is 1. The van der Waals surface area contributed by atoms with Gasteiger partial charge in [-0.15, -0.1) is 0 Å². The number of nitrogens with zero attached hydrogens (tertiary/aromatic N) is 1. The number of anilines is 1. The minimum atomic E-state index is -3.72. The highest BCUT2D eigenvalue weighted by Gasteiger charge is 2.40. The van der Waals surface area contributed by atoms with E-state index >= 15 is 0 Å². The standard InChI is InChI=1S/C12H13NO5S/c1-7-11(14)9-5-4-8(12(15)18-3)6-10(9)13(2)19(7,16)17/h4-7H,1-3H3. The van der Waals surface area contributed by atoms with Gasteiger partial charge < -0.3 is 4.74 Å². The number of hydrogen-bond donors (Lipinski definition) is 0. The number of benzene rings is 1. The van der Waals surface area contributed by atoms with Gasteiger partial charge in [0.1, 0.15) is 5.25 Å². The Balaban J connectivity index is 2.66. The summed E-state index contributed by atoms with van der Waals surface area (Å²) in [6.45, 7) is 1.35. The maximum atomic E-state index is 12.0. The number of ketones is 1. The first-order chi connectivity index (χ1) is 8.80. The number of methoxy groups -OCH3 is 1. The second kappa shape index (κ2) is 4.34. The van der Waals surface area contributed by atoms with Crippen molar-refractivity contribution in [2.75, 3.05) is 18.5 Å². The van der Waals surface area contributed by atoms with Crippen molar-refractivity contribution in [2.24, 2.45) is 0 Å². The summed E-state index contributed by atoms with van der Waals surface area (Å²) in [6, 6.07) is 4.25. The Bertz CT molecular complexity index is 665. The molecule has 1 unspecified atom stereocenters. The molecule has 0 saturated carbocycles. The number of esters is 1. The quantitative estimate of drug-likeness (QED) is 0.713. The zero-order chi connectivity index (χ0) is 14.4. The molecule has 102 valence electrons. The predicted octanol–water partition coefficient (Wildman–Crippen LogP) is 0.824. The fraction of sp³-hybridized carbons (Fsp3) is 0.333. The lowest BCUT2D eigenvalue weighted by Gasteiger charge is -2.30. The molecule has 0 radical (unpaired) electrons. The number of rotatable bonds is 1. The van der Waals surface area contributed by atoms with Crippen molar-refractivity contribution >= 4 is 27.5 Å². The second-order valence-electron chi connectivity index (χ2n) is 4.24. The number of Topliss-reactive ketones (excluding diaryl/α,β-unsaturated/α-hetero) is 1. The summed E-state index contributed by atoms with van der Waals surface area (Å²) >= 11 is 0. The Morgan fingerprint density at radius 2 is 2.00 bits per heavy atom. The van der Waals surface area contributed by atoms with E-state index in [9.17, 15) is 18.0 Å². The fourth-order valence-corrected chi connectivity index (χ4v) is 3.27. The molecule has 6 nitrogen and oxygen atoms in total. The Hall–Kier alpha value is -1.89. The molecule has 7 heteroatoms. The summed E-state index contributed by atoms with van der Waals surface area (Å²) in [5.74, 6) is -1.05. The molecule has 0 saturated heterocycles. The van der Waals surface area contributed by atoms with Gasteiger partial charge in [0.05, 0.1) is 18.4 Å². The molecule has 1 aromatic rings. The molecular weight excluding hydrogens is 270 g/mol. The van der Waals surface area contributed by atoms with Crippen LogP contribution in [0, 0.1) is 0 Å². The largest absolute Gasteiger partial charge is 0.465 e. The van der Waals surface area contributed by atoms with E-state index in [1.165, 1.54) is 39.3 Å². The topological polar surface area (TPSA) is 80.8 Å². The van der Waals surface area contributed by atoms with E-state index in [1.807, 2.05) is 0 Å². The van der Waals surface area contributed by atoms with Crippen LogP contribution in [0.2, 0.25) is 0 Å². The molecule has 2 rings (SSSR count). The monoisotopic (exact) mass is 283 g/mol. The van der Waals surface area contributed by atoms with E-state index in [1.54, 1.807) is 0 Å². The molecule has 1 aliphatic rings. The minimum absolute atomic E-state index is 0.200. The van der Waals surface area contributed by atoms with Gasteiger partial charge in [0, 0.05) is 12.6 Å². The van der Waals surface area contributed by atoms with Gasteiger partial charge in [-0.3, -0.25) is 9.10 Å². The van der Waals surface area contributed by atoms with Gasteiger partial charge in [-0.25, -0.2) is 13.2 Å². The number of hydrogen-bond acceptors (Lipinski definition) is 5. The van der Waals surface area contributed by atoms with Crippen molar-refractivity contribution in [1.82, 2.24) is 0 Å². The predicted molar refractivity (Wildman–Crippen MR) is 68.9 cm³/mol. The summed E-state index contributed by atoms with van der Waals surface area (Å²) in [5, 5.41) is -1.12. The van der Waals surface area contributed by atoms with Crippen LogP contribution < -0.4 is 4.31 Å². The van der Waals surface area contributed by atoms with Crippen LogP contribution in [0.15, 0.2) is 18.2 Å². The van der Waals surface area contributed by atoms with Gasteiger partial charge in [-0.1, -0.05) is 0 Å². The molecule has 0 bridgehead atoms. The third-order valence-corrected chi connectivity index (χ3v) is 5.29. The second-order valence-corrected chi connectivity index (χ2v) is 6.53. The third-order valence-electron chi connectivity index (χ3n) is 3.22. The van der Waals surface area contributed by atoms with Crippen molar-refractivity contribution in [3.05, 3.63) is 29.3 Å². The first-order valence-corrected chi connectivity index (χ1v) is 7.05. The summed E-state index contributed by atoms with van der Waals surface area (Å²) in [5.41, 5.74) is 0.689. The Labute approximate surface area is 111 Å². The smallest absolute Gasteiger partial charge is 0.337 e. The van der Waals surface area contributed by atoms with Crippen LogP contribution in [-0.2, 0) is 14.8 Å². The summed E-state index contributed by atoms with van der Waals surface area (Å²) in [4.78, 5) is 23.4. The van der Waals surface area contributed by atoms with Gasteiger partial charge in [0.25, 0.3) is 0 Å². The minimum Gasteiger partial charge on any atom is -0.465 e. The van der Waals surface area contributed by atoms with E-state index < -0.39 is 27.0 Å². The fourth-order valence-electron chi connectivity index (χ4n) is 1.97. The van der Waals surface area contributed by atoms with Crippen LogP contribution in [0.25, 0.3) is 0 Å². The lowest BCUT2D eigenvalue weighted by Crippen LogP contribution is -2.44. The highest BCUT2D eigenvalue weighted by atomic mass is 32.2. The molecule has 1 heterocycles. The summed E-state index contributed by atoms with van der Waals surface area (Å²) < 4.78 is 29.6. The lowest BCUT2D eigenvalue weighted by atomic mass is 10.0. The van der Waals surface area contributed by atoms with Crippen molar-refractivity contribution in [1.29, 1.82) is 0 Å². The summed E-state index contributed by atoms with van der Waals surface area (Å²) in [6.07, 6.45) is 0. The maximum absolute atomic E-state index is 12.0. The van der Waals surface area contributed by atoms with Crippen molar-refractivity contribution in [3.8, 4) is 0 Å². The average molecular weight is 283 g/mol. The Morgan fingerprint density at radius 1 is 1.37 bits per heavy atom. The van der Waals surface area contributed by atoms with Gasteiger partial charge >= 0.3 is 5.97 Å². The number of carbonyl (C=O) groups is 2. The molecule has 0 aliphatic carbocycles. The molecule has 0 amide bonds. The van der Waals surface area contributed by atoms with E-state index in [0.717, 1.165) is 4.31 Å². The van der Waals surface area contributed by atoms with Crippen molar-refractivity contribution in [2.45, 2.75) is 12.2 Å². The van der Waals surface area contributed by atoms with Crippen LogP contribution in [0.1, 0.15) is 27.6 Å². The van der Waals surface area contributed by atoms with Gasteiger partial charge in [0.15, 0.2) is 5.78 Å². The highest BCUT2D eigenvalue weighted by molar-refractivity contribution is 7.94. The SMILES string of the molecule is COC(=O)c1ccc2c(c1)N(C)S(=O)(=O)C(C)C2=O. The molecule has 19 heavy (non-hydrogen) atoms. The zero-order valence-electron chi connectivity index (χ0n) is 10.7. The molecule has 0 aromatic heterocycles. The highest BCUT2D eigenvalue weighted by Crippen LogP contribution is 2.32. The van der Waals surface area contributed by atoms with Crippen LogP contribution in [0.3, 0.4) is 0 Å². The Kier molecular flexibility index (Phi) is 3.09. The number of sulfonamides is 1. The number of ether oxygens (including phenoxy) is 1. The lowest BCUT2D eigenvalue weighted by molar-refractivity contribution is 0.0600. The molecule has 0 fully saturated rings. The number of carbonyl (C=O) groups excluding carboxylic acids is 2. The van der Waals surface area contributed by atoms with Crippen LogP contribution in [-0.4, -0.2) is 39.6 Å². The van der Waals surface area contributed by atoms with Crippen LogP contribution in [0.5, 0.6) is 0 Å². The van der Waals surface area contributed by atoms with Crippen LogP contribution in [0.4, 0.5) is 5.69 Å². The van der Waals surface area contributed by atoms with Crippen molar-refractivity contribution < 1.29 is 22.7 Å². The van der Waals surface area contributed by atoms with E-state index in [0.29, 0.717) is 0 Å². The molecular formula is C12H13NO5S. The van der Waals surface area contributed by atoms with Gasteiger partial charge in [0.2, 0.25) is 10.0 Å². The van der Waals surface area contributed by atoms with Gasteiger partial charge in [-0.2, -0.15) is 0 Å². The molecule has 0 N–H and O–H groups in total. The zero-order valence-corrected chi connectivity index (χ0v) is 11.5. The first-order valence-electron chi connectivity index (χ1n) is 5.55. The summed E-state index contributed by atoms with van der Waals surface area (Å²) in [7, 11) is -1.13. The average Bonchev–Trinajstić information content (AvgIpc) is 2.41. The third kappa shape index (κ3) is 1.90. The first kappa shape index (κ1) is 13.5. The molecule has 1 aromatic carbocycles. The maximum Gasteiger partial charge on any atom is 0.337 e. The molecule has 0 spiro atoms. The van der Waals surface area contributed by atoms with E-state index in [2.05, 4.69) is 4.74 Å². The van der Waals surface area contributed by atoms with Gasteiger partial charge in [-0.05, 0) is 25.1 Å². The van der Waals surface area contributed by atoms with E-state index in [-0.39, 0.29) is 16.8 Å². The molecule has 1 aliphatic heterocycles. The molecule has 1 atom stereocenters. The Morgan fingerprint density at radius 3 is 2.58 bits per heavy atom. The van der Waals surface area contributed by atoms with Crippen molar-refractivity contribution in [3.63, 3.8) is 0 Å².